The van der Waals surface area contributed by atoms with Gasteiger partial charge in [0.25, 0.3) is 0 Å². The van der Waals surface area contributed by atoms with Crippen molar-refractivity contribution in [2.45, 2.75) is 26.4 Å². The van der Waals surface area contributed by atoms with Crippen LogP contribution in [-0.4, -0.2) is 9.78 Å². The van der Waals surface area contributed by atoms with Crippen LogP contribution >= 0.6 is 0 Å². The van der Waals surface area contributed by atoms with Crippen LogP contribution in [0, 0.1) is 5.82 Å². The second-order valence-electron chi connectivity index (χ2n) is 3.95. The van der Waals surface area contributed by atoms with E-state index in [1.165, 1.54) is 6.07 Å². The standard InChI is InChI=1S/C13H16FN3/c1-2-7-17-10-11(9-16-17)8-15-13-6-4-3-5-12(13)14/h3-6,9-10,15H,2,7-8H2,1H3. The quantitative estimate of drug-likeness (QED) is 0.860. The van der Waals surface area contributed by atoms with Crippen molar-refractivity contribution in [1.29, 1.82) is 0 Å². The molecule has 2 aromatic rings. The maximum atomic E-state index is 13.3. The summed E-state index contributed by atoms with van der Waals surface area (Å²) in [6.07, 6.45) is 4.85. The smallest absolute Gasteiger partial charge is 0.146 e. The predicted molar refractivity (Wildman–Crippen MR) is 66.2 cm³/mol. The molecule has 0 aliphatic heterocycles. The molecule has 0 aliphatic rings. The van der Waals surface area contributed by atoms with Crippen molar-refractivity contribution < 1.29 is 4.39 Å². The minimum absolute atomic E-state index is 0.228. The van der Waals surface area contributed by atoms with E-state index in [1.54, 1.807) is 12.1 Å². The number of nitrogens with one attached hydrogen (secondary N) is 1. The van der Waals surface area contributed by atoms with Crippen LogP contribution in [0.15, 0.2) is 36.7 Å². The lowest BCUT2D eigenvalue weighted by atomic mass is 10.3. The Morgan fingerprint density at radius 1 is 1.35 bits per heavy atom. The van der Waals surface area contributed by atoms with Crippen molar-refractivity contribution >= 4 is 5.69 Å². The second-order valence-corrected chi connectivity index (χ2v) is 3.95. The molecule has 0 saturated carbocycles. The van der Waals surface area contributed by atoms with Crippen LogP contribution in [0.5, 0.6) is 0 Å². The highest BCUT2D eigenvalue weighted by Gasteiger charge is 2.01. The molecule has 4 heteroatoms. The Kier molecular flexibility index (Phi) is 3.75. The highest BCUT2D eigenvalue weighted by atomic mass is 19.1. The third-order valence-corrected chi connectivity index (χ3v) is 2.50. The van der Waals surface area contributed by atoms with Crippen molar-refractivity contribution in [3.63, 3.8) is 0 Å². The minimum atomic E-state index is -0.228. The Morgan fingerprint density at radius 2 is 2.18 bits per heavy atom. The molecule has 1 heterocycles. The first-order valence-electron chi connectivity index (χ1n) is 5.79. The van der Waals surface area contributed by atoms with Gasteiger partial charge < -0.3 is 5.32 Å². The lowest BCUT2D eigenvalue weighted by Gasteiger charge is -2.05. The minimum Gasteiger partial charge on any atom is -0.378 e. The van der Waals surface area contributed by atoms with E-state index < -0.39 is 0 Å². The summed E-state index contributed by atoms with van der Waals surface area (Å²) in [5.74, 6) is -0.228. The number of benzene rings is 1. The van der Waals surface area contributed by atoms with Gasteiger partial charge in [0.2, 0.25) is 0 Å². The van der Waals surface area contributed by atoms with Crippen molar-refractivity contribution in [3.8, 4) is 0 Å². The van der Waals surface area contributed by atoms with E-state index >= 15 is 0 Å². The molecule has 90 valence electrons. The van der Waals surface area contributed by atoms with Gasteiger partial charge in [0.05, 0.1) is 11.9 Å². The molecule has 0 atom stereocenters. The number of aryl methyl sites for hydroxylation is 1. The number of halogens is 1. The number of anilines is 1. The third kappa shape index (κ3) is 3.06. The second kappa shape index (κ2) is 5.48. The Hall–Kier alpha value is -1.84. The van der Waals surface area contributed by atoms with Crippen molar-refractivity contribution in [3.05, 3.63) is 48.0 Å². The molecule has 2 rings (SSSR count). The van der Waals surface area contributed by atoms with Crippen molar-refractivity contribution in [2.24, 2.45) is 0 Å². The summed E-state index contributed by atoms with van der Waals surface area (Å²) in [4.78, 5) is 0. The molecule has 0 spiro atoms. The summed E-state index contributed by atoms with van der Waals surface area (Å²) in [6, 6.07) is 6.67. The molecule has 1 aromatic carbocycles. The maximum absolute atomic E-state index is 13.3. The first-order valence-corrected chi connectivity index (χ1v) is 5.79. The fourth-order valence-corrected chi connectivity index (χ4v) is 1.65. The van der Waals surface area contributed by atoms with E-state index in [2.05, 4.69) is 17.3 Å². The first-order chi connectivity index (χ1) is 8.29. The number of rotatable bonds is 5. The Balaban J connectivity index is 1.95. The highest BCUT2D eigenvalue weighted by Crippen LogP contribution is 2.13. The number of nitrogens with zero attached hydrogens (tertiary/aromatic N) is 2. The predicted octanol–water partition coefficient (Wildman–Crippen LogP) is 3.04. The van der Waals surface area contributed by atoms with E-state index in [-0.39, 0.29) is 5.82 Å². The van der Waals surface area contributed by atoms with Gasteiger partial charge in [-0.25, -0.2) is 4.39 Å². The SMILES string of the molecule is CCCn1cc(CNc2ccccc2F)cn1. The van der Waals surface area contributed by atoms with Crippen LogP contribution in [0.3, 0.4) is 0 Å². The maximum Gasteiger partial charge on any atom is 0.146 e. The monoisotopic (exact) mass is 233 g/mol. The molecule has 1 aromatic heterocycles. The summed E-state index contributed by atoms with van der Waals surface area (Å²) in [7, 11) is 0. The largest absolute Gasteiger partial charge is 0.378 e. The fraction of sp³-hybridized carbons (Fsp3) is 0.308. The fourth-order valence-electron chi connectivity index (χ4n) is 1.65. The number of hydrogen-bond acceptors (Lipinski definition) is 2. The van der Waals surface area contributed by atoms with Gasteiger partial charge in [0.1, 0.15) is 5.82 Å². The van der Waals surface area contributed by atoms with Gasteiger partial charge in [0.15, 0.2) is 0 Å². The first kappa shape index (κ1) is 11.6. The Bertz CT molecular complexity index is 479. The van der Waals surface area contributed by atoms with E-state index in [4.69, 9.17) is 0 Å². The number of para-hydroxylation sites is 1. The molecule has 0 unspecified atom stereocenters. The highest BCUT2D eigenvalue weighted by molar-refractivity contribution is 5.44. The molecule has 0 aliphatic carbocycles. The molecular weight excluding hydrogens is 217 g/mol. The van der Waals surface area contributed by atoms with Gasteiger partial charge in [-0.05, 0) is 18.6 Å². The van der Waals surface area contributed by atoms with E-state index in [0.717, 1.165) is 18.5 Å². The molecule has 0 fully saturated rings. The number of aromatic nitrogens is 2. The summed E-state index contributed by atoms with van der Waals surface area (Å²) >= 11 is 0. The average molecular weight is 233 g/mol. The Morgan fingerprint density at radius 3 is 2.94 bits per heavy atom. The van der Waals surface area contributed by atoms with Gasteiger partial charge in [-0.15, -0.1) is 0 Å². The zero-order chi connectivity index (χ0) is 12.1. The van der Waals surface area contributed by atoms with E-state index in [9.17, 15) is 4.39 Å². The molecule has 0 saturated heterocycles. The Labute approximate surface area is 100 Å². The summed E-state index contributed by atoms with van der Waals surface area (Å²) in [5, 5.41) is 7.28. The summed E-state index contributed by atoms with van der Waals surface area (Å²) < 4.78 is 15.2. The normalized spacial score (nSPS) is 10.5. The van der Waals surface area contributed by atoms with Gasteiger partial charge in [-0.2, -0.15) is 5.10 Å². The van der Waals surface area contributed by atoms with Gasteiger partial charge in [-0.1, -0.05) is 19.1 Å². The van der Waals surface area contributed by atoms with E-state index in [1.807, 2.05) is 23.1 Å². The molecule has 1 N–H and O–H groups in total. The third-order valence-electron chi connectivity index (χ3n) is 2.50. The zero-order valence-corrected chi connectivity index (χ0v) is 9.86. The number of hydrogen-bond donors (Lipinski definition) is 1. The molecule has 0 bridgehead atoms. The van der Waals surface area contributed by atoms with E-state index in [0.29, 0.717) is 12.2 Å². The van der Waals surface area contributed by atoms with Crippen molar-refractivity contribution in [2.75, 3.05) is 5.32 Å². The molecule has 0 radical (unpaired) electrons. The van der Waals surface area contributed by atoms with Crippen LogP contribution in [0.1, 0.15) is 18.9 Å². The zero-order valence-electron chi connectivity index (χ0n) is 9.86. The molecular formula is C13H16FN3. The topological polar surface area (TPSA) is 29.9 Å². The lowest BCUT2D eigenvalue weighted by Crippen LogP contribution is -2.00. The van der Waals surface area contributed by atoms with Gasteiger partial charge in [-0.3, -0.25) is 4.68 Å². The van der Waals surface area contributed by atoms with Crippen LogP contribution in [0.4, 0.5) is 10.1 Å². The van der Waals surface area contributed by atoms with Crippen molar-refractivity contribution in [1.82, 2.24) is 9.78 Å². The molecule has 3 nitrogen and oxygen atoms in total. The average Bonchev–Trinajstić information content (AvgIpc) is 2.76. The van der Waals surface area contributed by atoms with Gasteiger partial charge >= 0.3 is 0 Å². The summed E-state index contributed by atoms with van der Waals surface area (Å²) in [5.41, 5.74) is 1.58. The van der Waals surface area contributed by atoms with Gasteiger partial charge in [0, 0.05) is 24.8 Å². The summed E-state index contributed by atoms with van der Waals surface area (Å²) in [6.45, 7) is 3.61. The lowest BCUT2D eigenvalue weighted by molar-refractivity contribution is 0.602. The van der Waals surface area contributed by atoms with Crippen LogP contribution < -0.4 is 5.32 Å². The molecule has 17 heavy (non-hydrogen) atoms. The van der Waals surface area contributed by atoms with Crippen LogP contribution in [0.2, 0.25) is 0 Å². The molecule has 0 amide bonds. The van der Waals surface area contributed by atoms with Crippen LogP contribution in [-0.2, 0) is 13.1 Å². The van der Waals surface area contributed by atoms with Crippen LogP contribution in [0.25, 0.3) is 0 Å².